The van der Waals surface area contributed by atoms with E-state index in [1.165, 1.54) is 24.8 Å². The SMILES string of the molecule is O[C@@H](Cn1cnnc1)c1ccc(C(F)(F)F)cc1. The number of halogens is 3. The molecular formula is C11H10F3N3O. The van der Waals surface area contributed by atoms with Gasteiger partial charge in [-0.25, -0.2) is 0 Å². The highest BCUT2D eigenvalue weighted by Gasteiger charge is 2.30. The molecule has 1 N–H and O–H groups in total. The molecule has 0 spiro atoms. The first-order valence-electron chi connectivity index (χ1n) is 5.14. The van der Waals surface area contributed by atoms with Crippen LogP contribution in [-0.2, 0) is 12.7 Å². The van der Waals surface area contributed by atoms with Gasteiger partial charge in [0, 0.05) is 0 Å². The molecule has 0 saturated heterocycles. The van der Waals surface area contributed by atoms with Gasteiger partial charge >= 0.3 is 6.18 Å². The van der Waals surface area contributed by atoms with E-state index in [0.29, 0.717) is 5.56 Å². The Morgan fingerprint density at radius 2 is 1.67 bits per heavy atom. The molecule has 0 radical (unpaired) electrons. The van der Waals surface area contributed by atoms with Crippen LogP contribution in [-0.4, -0.2) is 19.9 Å². The maximum Gasteiger partial charge on any atom is 0.416 e. The van der Waals surface area contributed by atoms with E-state index in [1.54, 1.807) is 4.57 Å². The molecular weight excluding hydrogens is 247 g/mol. The number of hydrogen-bond donors (Lipinski definition) is 1. The van der Waals surface area contributed by atoms with Gasteiger partial charge in [0.05, 0.1) is 18.2 Å². The summed E-state index contributed by atoms with van der Waals surface area (Å²) in [6.07, 6.45) is -2.42. The summed E-state index contributed by atoms with van der Waals surface area (Å²) in [4.78, 5) is 0. The number of aromatic nitrogens is 3. The summed E-state index contributed by atoms with van der Waals surface area (Å²) >= 11 is 0. The monoisotopic (exact) mass is 257 g/mol. The maximum atomic E-state index is 12.3. The van der Waals surface area contributed by atoms with Crippen LogP contribution in [0.1, 0.15) is 17.2 Å². The molecule has 0 unspecified atom stereocenters. The van der Waals surface area contributed by atoms with Crippen LogP contribution in [0.2, 0.25) is 0 Å². The Kier molecular flexibility index (Phi) is 3.33. The highest BCUT2D eigenvalue weighted by molar-refractivity contribution is 5.25. The Balaban J connectivity index is 2.10. The molecule has 1 heterocycles. The standard InChI is InChI=1S/C11H10F3N3O/c12-11(13,14)9-3-1-8(2-4-9)10(18)5-17-6-15-16-7-17/h1-4,6-7,10,18H,5H2/t10-/m0/s1. The van der Waals surface area contributed by atoms with E-state index < -0.39 is 17.8 Å². The highest BCUT2D eigenvalue weighted by Crippen LogP contribution is 2.30. The average Bonchev–Trinajstić information content (AvgIpc) is 2.81. The van der Waals surface area contributed by atoms with Crippen molar-refractivity contribution in [1.29, 1.82) is 0 Å². The third-order valence-corrected chi connectivity index (χ3v) is 2.47. The fourth-order valence-electron chi connectivity index (χ4n) is 1.52. The van der Waals surface area contributed by atoms with Crippen molar-refractivity contribution in [2.24, 2.45) is 0 Å². The second-order valence-corrected chi connectivity index (χ2v) is 3.79. The highest BCUT2D eigenvalue weighted by atomic mass is 19.4. The van der Waals surface area contributed by atoms with Gasteiger partial charge in [-0.05, 0) is 17.7 Å². The van der Waals surface area contributed by atoms with Crippen molar-refractivity contribution in [3.8, 4) is 0 Å². The van der Waals surface area contributed by atoms with Crippen molar-refractivity contribution >= 4 is 0 Å². The first-order chi connectivity index (χ1) is 8.47. The van der Waals surface area contributed by atoms with Gasteiger partial charge in [0.1, 0.15) is 12.7 Å². The predicted molar refractivity (Wildman–Crippen MR) is 56.4 cm³/mol. The normalized spacial score (nSPS) is 13.6. The van der Waals surface area contributed by atoms with E-state index in [-0.39, 0.29) is 6.54 Å². The van der Waals surface area contributed by atoms with E-state index in [9.17, 15) is 18.3 Å². The number of alkyl halides is 3. The summed E-state index contributed by atoms with van der Waals surface area (Å²) in [5.74, 6) is 0. The molecule has 18 heavy (non-hydrogen) atoms. The molecule has 96 valence electrons. The van der Waals surface area contributed by atoms with Crippen molar-refractivity contribution in [1.82, 2.24) is 14.8 Å². The number of aliphatic hydroxyl groups is 1. The van der Waals surface area contributed by atoms with Gasteiger partial charge < -0.3 is 9.67 Å². The topological polar surface area (TPSA) is 50.9 Å². The molecule has 1 atom stereocenters. The maximum absolute atomic E-state index is 12.3. The van der Waals surface area contributed by atoms with Crippen molar-refractivity contribution in [2.45, 2.75) is 18.8 Å². The summed E-state index contributed by atoms with van der Waals surface area (Å²) < 4.78 is 38.6. The van der Waals surface area contributed by atoms with Crippen LogP contribution in [0.3, 0.4) is 0 Å². The summed E-state index contributed by atoms with van der Waals surface area (Å²) in [5.41, 5.74) is -0.320. The summed E-state index contributed by atoms with van der Waals surface area (Å²) in [6, 6.07) is 4.42. The zero-order valence-electron chi connectivity index (χ0n) is 9.17. The quantitative estimate of drug-likeness (QED) is 0.915. The van der Waals surface area contributed by atoms with E-state index in [0.717, 1.165) is 12.1 Å². The summed E-state index contributed by atoms with van der Waals surface area (Å²) in [6.45, 7) is 0.193. The van der Waals surface area contributed by atoms with Gasteiger partial charge in [0.25, 0.3) is 0 Å². The molecule has 1 aromatic carbocycles. The minimum atomic E-state index is -4.36. The molecule has 0 aliphatic carbocycles. The van der Waals surface area contributed by atoms with E-state index in [1.807, 2.05) is 0 Å². The minimum absolute atomic E-state index is 0.193. The lowest BCUT2D eigenvalue weighted by Crippen LogP contribution is -2.09. The lowest BCUT2D eigenvalue weighted by atomic mass is 10.1. The van der Waals surface area contributed by atoms with Gasteiger partial charge in [0.15, 0.2) is 0 Å². The number of nitrogens with zero attached hydrogens (tertiary/aromatic N) is 3. The Morgan fingerprint density at radius 1 is 1.11 bits per heavy atom. The van der Waals surface area contributed by atoms with Crippen LogP contribution >= 0.6 is 0 Å². The third kappa shape index (κ3) is 2.86. The lowest BCUT2D eigenvalue weighted by Gasteiger charge is -2.12. The van der Waals surface area contributed by atoms with Crippen molar-refractivity contribution < 1.29 is 18.3 Å². The molecule has 7 heteroatoms. The zero-order chi connectivity index (χ0) is 13.2. The lowest BCUT2D eigenvalue weighted by molar-refractivity contribution is -0.137. The Morgan fingerprint density at radius 3 is 2.17 bits per heavy atom. The average molecular weight is 257 g/mol. The molecule has 0 saturated carbocycles. The molecule has 2 rings (SSSR count). The molecule has 0 amide bonds. The fraction of sp³-hybridized carbons (Fsp3) is 0.273. The van der Waals surface area contributed by atoms with E-state index in [4.69, 9.17) is 0 Å². The van der Waals surface area contributed by atoms with Crippen LogP contribution < -0.4 is 0 Å². The van der Waals surface area contributed by atoms with Crippen molar-refractivity contribution in [3.63, 3.8) is 0 Å². The van der Waals surface area contributed by atoms with Crippen LogP contribution in [0.15, 0.2) is 36.9 Å². The number of rotatable bonds is 3. The van der Waals surface area contributed by atoms with Crippen molar-refractivity contribution in [3.05, 3.63) is 48.0 Å². The molecule has 0 aliphatic heterocycles. The molecule has 0 aliphatic rings. The Labute approximate surface area is 101 Å². The van der Waals surface area contributed by atoms with E-state index in [2.05, 4.69) is 10.2 Å². The second-order valence-electron chi connectivity index (χ2n) is 3.79. The van der Waals surface area contributed by atoms with Gasteiger partial charge in [-0.3, -0.25) is 0 Å². The molecule has 2 aromatic rings. The van der Waals surface area contributed by atoms with Gasteiger partial charge in [0.2, 0.25) is 0 Å². The smallest absolute Gasteiger partial charge is 0.387 e. The fourth-order valence-corrected chi connectivity index (χ4v) is 1.52. The van der Waals surface area contributed by atoms with Gasteiger partial charge in [-0.1, -0.05) is 12.1 Å². The summed E-state index contributed by atoms with van der Waals surface area (Å²) in [7, 11) is 0. The number of benzene rings is 1. The first kappa shape index (κ1) is 12.6. The third-order valence-electron chi connectivity index (χ3n) is 2.47. The Hall–Kier alpha value is -1.89. The molecule has 0 bridgehead atoms. The van der Waals surface area contributed by atoms with Crippen LogP contribution in [0.5, 0.6) is 0 Å². The van der Waals surface area contributed by atoms with Gasteiger partial charge in [-0.15, -0.1) is 10.2 Å². The molecule has 4 nitrogen and oxygen atoms in total. The number of hydrogen-bond acceptors (Lipinski definition) is 3. The van der Waals surface area contributed by atoms with Crippen LogP contribution in [0.4, 0.5) is 13.2 Å². The molecule has 1 aromatic heterocycles. The van der Waals surface area contributed by atoms with Crippen LogP contribution in [0, 0.1) is 0 Å². The molecule has 0 fully saturated rings. The summed E-state index contributed by atoms with van der Waals surface area (Å²) in [5, 5.41) is 17.0. The van der Waals surface area contributed by atoms with E-state index >= 15 is 0 Å². The van der Waals surface area contributed by atoms with Crippen molar-refractivity contribution in [2.75, 3.05) is 0 Å². The Bertz CT molecular complexity index is 493. The van der Waals surface area contributed by atoms with Crippen LogP contribution in [0.25, 0.3) is 0 Å². The predicted octanol–water partition coefficient (Wildman–Crippen LogP) is 2.03. The number of aliphatic hydroxyl groups excluding tert-OH is 1. The minimum Gasteiger partial charge on any atom is -0.387 e. The largest absolute Gasteiger partial charge is 0.416 e. The second kappa shape index (κ2) is 4.77. The van der Waals surface area contributed by atoms with Gasteiger partial charge in [-0.2, -0.15) is 13.2 Å². The first-order valence-corrected chi connectivity index (χ1v) is 5.14. The zero-order valence-corrected chi connectivity index (χ0v) is 9.17.